The lowest BCUT2D eigenvalue weighted by atomic mass is 9.92. The van der Waals surface area contributed by atoms with Crippen LogP contribution in [-0.4, -0.2) is 43.4 Å². The van der Waals surface area contributed by atoms with Gasteiger partial charge in [-0.05, 0) is 43.4 Å². The van der Waals surface area contributed by atoms with Crippen molar-refractivity contribution < 1.29 is 17.9 Å². The fourth-order valence-corrected chi connectivity index (χ4v) is 3.43. The Labute approximate surface area is 152 Å². The van der Waals surface area contributed by atoms with E-state index < -0.39 is 6.36 Å². The first-order valence-corrected chi connectivity index (χ1v) is 8.87. The molecule has 1 saturated heterocycles. The van der Waals surface area contributed by atoms with Crippen molar-refractivity contribution in [2.24, 2.45) is 22.6 Å². The molecular weight excluding hydrogens is 345 g/mol. The van der Waals surface area contributed by atoms with Gasteiger partial charge in [0.25, 0.3) is 0 Å². The van der Waals surface area contributed by atoms with Crippen LogP contribution < -0.4 is 15.8 Å². The number of rotatable bonds is 6. The minimum absolute atomic E-state index is 0.0728. The first-order valence-electron chi connectivity index (χ1n) is 8.87. The summed E-state index contributed by atoms with van der Waals surface area (Å²) in [6.45, 7) is 8.19. The smallest absolute Gasteiger partial charge is 0.404 e. The number of hydrogen-bond acceptors (Lipinski definition) is 3. The normalized spacial score (nSPS) is 22.3. The third-order valence-corrected chi connectivity index (χ3v) is 4.23. The minimum Gasteiger partial charge on any atom is -0.404 e. The Morgan fingerprint density at radius 2 is 1.92 bits per heavy atom. The summed E-state index contributed by atoms with van der Waals surface area (Å²) >= 11 is 0. The van der Waals surface area contributed by atoms with E-state index in [4.69, 9.17) is 5.73 Å². The second kappa shape index (κ2) is 9.12. The lowest BCUT2D eigenvalue weighted by molar-refractivity contribution is -0.274. The van der Waals surface area contributed by atoms with Crippen molar-refractivity contribution >= 4 is 11.6 Å². The van der Waals surface area contributed by atoms with Crippen LogP contribution in [0.25, 0.3) is 0 Å². The average molecular weight is 372 g/mol. The Bertz CT molecular complexity index is 596. The number of halogens is 3. The molecule has 1 fully saturated rings. The van der Waals surface area contributed by atoms with E-state index in [1.54, 1.807) is 6.07 Å². The number of guanidine groups is 1. The number of hydrogen-bond donors (Lipinski definition) is 2. The van der Waals surface area contributed by atoms with Crippen molar-refractivity contribution in [2.75, 3.05) is 31.5 Å². The van der Waals surface area contributed by atoms with Crippen LogP contribution in [0.3, 0.4) is 0 Å². The number of nitrogens with one attached hydrogen (secondary N) is 1. The van der Waals surface area contributed by atoms with Crippen LogP contribution >= 0.6 is 0 Å². The molecule has 0 bridgehead atoms. The van der Waals surface area contributed by atoms with Gasteiger partial charge in [0.2, 0.25) is 0 Å². The van der Waals surface area contributed by atoms with Crippen molar-refractivity contribution in [1.29, 1.82) is 0 Å². The maximum Gasteiger partial charge on any atom is 0.573 e. The Kier molecular flexibility index (Phi) is 7.14. The Hall–Kier alpha value is -1.96. The Morgan fingerprint density at radius 3 is 2.58 bits per heavy atom. The van der Waals surface area contributed by atoms with E-state index in [0.29, 0.717) is 18.4 Å². The topological polar surface area (TPSA) is 62.9 Å². The summed E-state index contributed by atoms with van der Waals surface area (Å²) < 4.78 is 41.2. The van der Waals surface area contributed by atoms with Crippen LogP contribution in [0.15, 0.2) is 29.3 Å². The predicted molar refractivity (Wildman–Crippen MR) is 97.2 cm³/mol. The number of benzene rings is 1. The van der Waals surface area contributed by atoms with Crippen LogP contribution in [0.4, 0.5) is 18.9 Å². The standard InChI is InChI=1S/C18H27F3N4O/c1-13-10-14(2)12-25(11-13)9-5-8-23-17(22)24-15-6-3-4-7-16(15)26-18(19,20)21/h3-4,6-7,13-14H,5,8-12H2,1-2H3,(H3,22,23,24). The number of alkyl halides is 3. The van der Waals surface area contributed by atoms with Gasteiger partial charge in [-0.25, -0.2) is 0 Å². The van der Waals surface area contributed by atoms with E-state index in [9.17, 15) is 13.2 Å². The van der Waals surface area contributed by atoms with Crippen LogP contribution in [0.2, 0.25) is 0 Å². The van der Waals surface area contributed by atoms with E-state index in [2.05, 4.69) is 33.8 Å². The molecule has 0 aromatic heterocycles. The number of aliphatic imine (C=N–C) groups is 1. The van der Waals surface area contributed by atoms with E-state index >= 15 is 0 Å². The highest BCUT2D eigenvalue weighted by Gasteiger charge is 2.32. The number of piperidine rings is 1. The molecule has 0 amide bonds. The molecule has 0 radical (unpaired) electrons. The van der Waals surface area contributed by atoms with Gasteiger partial charge in [-0.15, -0.1) is 13.2 Å². The fourth-order valence-electron chi connectivity index (χ4n) is 3.43. The van der Waals surface area contributed by atoms with Gasteiger partial charge >= 0.3 is 6.36 Å². The first kappa shape index (κ1) is 20.4. The van der Waals surface area contributed by atoms with Crippen LogP contribution in [0.5, 0.6) is 5.75 Å². The molecule has 0 aliphatic carbocycles. The molecule has 2 unspecified atom stereocenters. The summed E-state index contributed by atoms with van der Waals surface area (Å²) in [7, 11) is 0. The molecule has 146 valence electrons. The largest absolute Gasteiger partial charge is 0.573 e. The third kappa shape index (κ3) is 7.11. The van der Waals surface area contributed by atoms with Gasteiger partial charge in [0.1, 0.15) is 0 Å². The molecule has 1 aromatic carbocycles. The van der Waals surface area contributed by atoms with Gasteiger partial charge in [0.15, 0.2) is 11.7 Å². The van der Waals surface area contributed by atoms with Crippen molar-refractivity contribution in [3.63, 3.8) is 0 Å². The number of anilines is 1. The fraction of sp³-hybridized carbons (Fsp3) is 0.611. The maximum absolute atomic E-state index is 12.4. The highest BCUT2D eigenvalue weighted by atomic mass is 19.4. The number of nitrogens with two attached hydrogens (primary N) is 1. The lowest BCUT2D eigenvalue weighted by Crippen LogP contribution is -2.39. The molecule has 0 saturated carbocycles. The van der Waals surface area contributed by atoms with E-state index in [0.717, 1.165) is 26.1 Å². The molecule has 3 N–H and O–H groups in total. The molecule has 5 nitrogen and oxygen atoms in total. The second-order valence-electron chi connectivity index (χ2n) is 7.00. The number of para-hydroxylation sites is 2. The zero-order valence-electron chi connectivity index (χ0n) is 15.2. The van der Waals surface area contributed by atoms with Gasteiger partial charge < -0.3 is 20.7 Å². The van der Waals surface area contributed by atoms with Gasteiger partial charge in [0.05, 0.1) is 5.69 Å². The molecular formula is C18H27F3N4O. The van der Waals surface area contributed by atoms with Gasteiger partial charge in [-0.1, -0.05) is 26.0 Å². The molecule has 8 heteroatoms. The predicted octanol–water partition coefficient (Wildman–Crippen LogP) is 3.68. The molecule has 0 spiro atoms. The molecule has 1 aliphatic rings. The second-order valence-corrected chi connectivity index (χ2v) is 7.00. The summed E-state index contributed by atoms with van der Waals surface area (Å²) in [5.74, 6) is 1.15. The molecule has 2 rings (SSSR count). The van der Waals surface area contributed by atoms with E-state index in [1.165, 1.54) is 24.6 Å². The molecule has 1 aliphatic heterocycles. The monoisotopic (exact) mass is 372 g/mol. The minimum atomic E-state index is -4.76. The number of likely N-dealkylation sites (tertiary alicyclic amines) is 1. The van der Waals surface area contributed by atoms with Gasteiger partial charge in [-0.3, -0.25) is 4.99 Å². The van der Waals surface area contributed by atoms with Crippen molar-refractivity contribution in [3.05, 3.63) is 24.3 Å². The van der Waals surface area contributed by atoms with Gasteiger partial charge in [-0.2, -0.15) is 0 Å². The maximum atomic E-state index is 12.4. The van der Waals surface area contributed by atoms with Crippen molar-refractivity contribution in [2.45, 2.75) is 33.1 Å². The summed E-state index contributed by atoms with van der Waals surface area (Å²) in [5.41, 5.74) is 5.92. The average Bonchev–Trinajstić information content (AvgIpc) is 2.51. The zero-order chi connectivity index (χ0) is 19.2. The molecule has 26 heavy (non-hydrogen) atoms. The highest BCUT2D eigenvalue weighted by molar-refractivity contribution is 5.93. The van der Waals surface area contributed by atoms with E-state index in [-0.39, 0.29) is 17.4 Å². The van der Waals surface area contributed by atoms with Crippen molar-refractivity contribution in [3.8, 4) is 5.75 Å². The SMILES string of the molecule is CC1CC(C)CN(CCCN=C(N)Nc2ccccc2OC(F)(F)F)C1. The summed E-state index contributed by atoms with van der Waals surface area (Å²) in [6, 6.07) is 5.74. The quantitative estimate of drug-likeness (QED) is 0.454. The summed E-state index contributed by atoms with van der Waals surface area (Å²) in [4.78, 5) is 6.63. The van der Waals surface area contributed by atoms with Gasteiger partial charge in [0, 0.05) is 19.6 Å². The number of nitrogens with zero attached hydrogens (tertiary/aromatic N) is 2. The van der Waals surface area contributed by atoms with Crippen LogP contribution in [0, 0.1) is 11.8 Å². The van der Waals surface area contributed by atoms with Crippen LogP contribution in [0.1, 0.15) is 26.7 Å². The lowest BCUT2D eigenvalue weighted by Gasteiger charge is -2.34. The zero-order valence-corrected chi connectivity index (χ0v) is 15.2. The molecule has 2 atom stereocenters. The summed E-state index contributed by atoms with van der Waals surface area (Å²) in [5, 5.41) is 2.67. The summed E-state index contributed by atoms with van der Waals surface area (Å²) in [6.07, 6.45) is -2.64. The number of ether oxygens (including phenoxy) is 1. The third-order valence-electron chi connectivity index (χ3n) is 4.23. The Morgan fingerprint density at radius 1 is 1.27 bits per heavy atom. The van der Waals surface area contributed by atoms with E-state index in [1.807, 2.05) is 0 Å². The van der Waals surface area contributed by atoms with Crippen LogP contribution in [-0.2, 0) is 0 Å². The van der Waals surface area contributed by atoms with Crippen molar-refractivity contribution in [1.82, 2.24) is 4.90 Å². The highest BCUT2D eigenvalue weighted by Crippen LogP contribution is 2.29. The first-order chi connectivity index (χ1) is 12.2. The Balaban J connectivity index is 1.81. The molecule has 1 heterocycles. The molecule has 1 aromatic rings.